The molecule has 5 rings (SSSR count). The smallest absolute Gasteiger partial charge is 0.247 e. The summed E-state index contributed by atoms with van der Waals surface area (Å²) >= 11 is 0. The number of benzene rings is 2. The number of nitrogens with one attached hydrogen (secondary N) is 1. The van der Waals surface area contributed by atoms with E-state index in [4.69, 9.17) is 4.42 Å². The standard InChI is InChI=1S/C28H26N6O3/c1-20-10-12-22(13-11-20)27(28(36)30-17-23-7-5-15-37-23)33(18-21-6-4-14-29-16-21)26(35)19-34-25-9-3-2-8-24(25)31-32-34/h2-16,27H,17-19H2,1H3,(H,30,36). The Morgan fingerprint density at radius 1 is 1.03 bits per heavy atom. The zero-order valence-electron chi connectivity index (χ0n) is 20.3. The summed E-state index contributed by atoms with van der Waals surface area (Å²) in [4.78, 5) is 33.3. The van der Waals surface area contributed by atoms with Crippen molar-refractivity contribution >= 4 is 22.8 Å². The Hall–Kier alpha value is -4.79. The van der Waals surface area contributed by atoms with Gasteiger partial charge in [0.2, 0.25) is 11.8 Å². The molecule has 5 aromatic rings. The van der Waals surface area contributed by atoms with Crippen LogP contribution in [0.5, 0.6) is 0 Å². The maximum atomic E-state index is 13.9. The number of aromatic nitrogens is 4. The van der Waals surface area contributed by atoms with Gasteiger partial charge in [0.25, 0.3) is 0 Å². The predicted molar refractivity (Wildman–Crippen MR) is 137 cm³/mol. The molecule has 0 saturated heterocycles. The van der Waals surface area contributed by atoms with Crippen molar-refractivity contribution < 1.29 is 14.0 Å². The highest BCUT2D eigenvalue weighted by molar-refractivity contribution is 5.89. The Morgan fingerprint density at radius 2 is 1.86 bits per heavy atom. The third-order valence-corrected chi connectivity index (χ3v) is 6.07. The molecule has 0 radical (unpaired) electrons. The number of furan rings is 1. The topological polar surface area (TPSA) is 106 Å². The number of rotatable bonds is 9. The number of carbonyl (C=O) groups is 2. The van der Waals surface area contributed by atoms with Crippen LogP contribution in [0.2, 0.25) is 0 Å². The van der Waals surface area contributed by atoms with Gasteiger partial charge in [-0.3, -0.25) is 14.6 Å². The monoisotopic (exact) mass is 494 g/mol. The third-order valence-electron chi connectivity index (χ3n) is 6.07. The molecule has 0 aliphatic carbocycles. The number of para-hydroxylation sites is 1. The van der Waals surface area contributed by atoms with Gasteiger partial charge in [-0.1, -0.05) is 53.2 Å². The van der Waals surface area contributed by atoms with Gasteiger partial charge in [0.1, 0.15) is 23.9 Å². The first-order valence-corrected chi connectivity index (χ1v) is 11.9. The van der Waals surface area contributed by atoms with Gasteiger partial charge in [-0.05, 0) is 48.4 Å². The second kappa shape index (κ2) is 10.9. The number of pyridine rings is 1. The third kappa shape index (κ3) is 5.56. The van der Waals surface area contributed by atoms with Crippen LogP contribution in [0.3, 0.4) is 0 Å². The number of aryl methyl sites for hydroxylation is 1. The van der Waals surface area contributed by atoms with Crippen molar-refractivity contribution in [2.75, 3.05) is 0 Å². The molecule has 0 aliphatic heterocycles. The summed E-state index contributed by atoms with van der Waals surface area (Å²) in [5.74, 6) is 0.0226. The molecule has 3 aromatic heterocycles. The van der Waals surface area contributed by atoms with Crippen LogP contribution in [0.1, 0.15) is 28.5 Å². The number of fused-ring (bicyclic) bond motifs is 1. The molecule has 0 aliphatic rings. The van der Waals surface area contributed by atoms with Gasteiger partial charge in [0.05, 0.1) is 18.3 Å². The average Bonchev–Trinajstić information content (AvgIpc) is 3.59. The fourth-order valence-corrected chi connectivity index (χ4v) is 4.17. The Balaban J connectivity index is 1.50. The van der Waals surface area contributed by atoms with Gasteiger partial charge in [-0.25, -0.2) is 4.68 Å². The van der Waals surface area contributed by atoms with Crippen molar-refractivity contribution in [3.63, 3.8) is 0 Å². The summed E-state index contributed by atoms with van der Waals surface area (Å²) in [6.45, 7) is 2.29. The minimum atomic E-state index is -0.891. The van der Waals surface area contributed by atoms with E-state index in [1.54, 1.807) is 46.4 Å². The van der Waals surface area contributed by atoms with Gasteiger partial charge in [-0.15, -0.1) is 5.10 Å². The quantitative estimate of drug-likeness (QED) is 0.334. The van der Waals surface area contributed by atoms with E-state index in [0.29, 0.717) is 16.8 Å². The zero-order valence-corrected chi connectivity index (χ0v) is 20.3. The lowest BCUT2D eigenvalue weighted by Gasteiger charge is -2.31. The molecule has 3 heterocycles. The van der Waals surface area contributed by atoms with Crippen molar-refractivity contribution in [1.82, 2.24) is 30.2 Å². The van der Waals surface area contributed by atoms with Gasteiger partial charge in [-0.2, -0.15) is 0 Å². The fraction of sp³-hybridized carbons (Fsp3) is 0.179. The molecule has 1 atom stereocenters. The van der Waals surface area contributed by atoms with E-state index in [0.717, 1.165) is 16.6 Å². The molecule has 0 spiro atoms. The molecular formula is C28H26N6O3. The van der Waals surface area contributed by atoms with Gasteiger partial charge in [0, 0.05) is 18.9 Å². The van der Waals surface area contributed by atoms with E-state index in [2.05, 4.69) is 20.6 Å². The summed E-state index contributed by atoms with van der Waals surface area (Å²) in [5.41, 5.74) is 3.99. The molecule has 0 bridgehead atoms. The maximum Gasteiger partial charge on any atom is 0.247 e. The minimum Gasteiger partial charge on any atom is -0.467 e. The molecule has 2 aromatic carbocycles. The van der Waals surface area contributed by atoms with Crippen molar-refractivity contribution in [3.8, 4) is 0 Å². The number of nitrogens with zero attached hydrogens (tertiary/aromatic N) is 5. The number of carbonyl (C=O) groups excluding carboxylic acids is 2. The zero-order chi connectivity index (χ0) is 25.6. The number of hydrogen-bond acceptors (Lipinski definition) is 6. The molecule has 37 heavy (non-hydrogen) atoms. The van der Waals surface area contributed by atoms with Crippen LogP contribution in [0, 0.1) is 6.92 Å². The first-order chi connectivity index (χ1) is 18.1. The molecule has 9 nitrogen and oxygen atoms in total. The maximum absolute atomic E-state index is 13.9. The van der Waals surface area contributed by atoms with Crippen LogP contribution in [-0.2, 0) is 29.2 Å². The summed E-state index contributed by atoms with van der Waals surface area (Å²) in [5, 5.41) is 11.3. The van der Waals surface area contributed by atoms with Crippen molar-refractivity contribution in [2.45, 2.75) is 32.6 Å². The second-order valence-electron chi connectivity index (χ2n) is 8.73. The lowest BCUT2D eigenvalue weighted by molar-refractivity contribution is -0.142. The van der Waals surface area contributed by atoms with Gasteiger partial charge in [0.15, 0.2) is 0 Å². The van der Waals surface area contributed by atoms with Crippen molar-refractivity contribution in [2.24, 2.45) is 0 Å². The van der Waals surface area contributed by atoms with E-state index >= 15 is 0 Å². The largest absolute Gasteiger partial charge is 0.467 e. The molecule has 9 heteroatoms. The van der Waals surface area contributed by atoms with Crippen LogP contribution in [-0.4, -0.2) is 36.7 Å². The summed E-state index contributed by atoms with van der Waals surface area (Å²) < 4.78 is 6.93. The van der Waals surface area contributed by atoms with Crippen LogP contribution in [0.25, 0.3) is 11.0 Å². The molecule has 1 N–H and O–H groups in total. The van der Waals surface area contributed by atoms with E-state index < -0.39 is 6.04 Å². The Kier molecular flexibility index (Phi) is 7.02. The van der Waals surface area contributed by atoms with Crippen LogP contribution in [0.15, 0.2) is 95.9 Å². The highest BCUT2D eigenvalue weighted by Gasteiger charge is 2.32. The number of hydrogen-bond donors (Lipinski definition) is 1. The predicted octanol–water partition coefficient (Wildman–Crippen LogP) is 3.81. The first-order valence-electron chi connectivity index (χ1n) is 11.9. The van der Waals surface area contributed by atoms with Crippen LogP contribution in [0.4, 0.5) is 0 Å². The molecule has 2 amide bonds. The normalized spacial score (nSPS) is 11.8. The van der Waals surface area contributed by atoms with Crippen LogP contribution < -0.4 is 5.32 Å². The minimum absolute atomic E-state index is 0.0748. The lowest BCUT2D eigenvalue weighted by atomic mass is 10.0. The highest BCUT2D eigenvalue weighted by Crippen LogP contribution is 2.25. The molecule has 1 unspecified atom stereocenters. The second-order valence-corrected chi connectivity index (χ2v) is 8.73. The van der Waals surface area contributed by atoms with E-state index in [1.165, 1.54) is 0 Å². The molecule has 0 fully saturated rings. The SMILES string of the molecule is Cc1ccc(C(C(=O)NCc2ccco2)N(Cc2cccnc2)C(=O)Cn2nnc3ccccc32)cc1. The van der Waals surface area contributed by atoms with E-state index in [9.17, 15) is 9.59 Å². The number of amides is 2. The van der Waals surface area contributed by atoms with E-state index in [1.807, 2.05) is 61.5 Å². The fourth-order valence-electron chi connectivity index (χ4n) is 4.17. The highest BCUT2D eigenvalue weighted by atomic mass is 16.3. The van der Waals surface area contributed by atoms with Gasteiger partial charge < -0.3 is 14.6 Å². The average molecular weight is 495 g/mol. The Morgan fingerprint density at radius 3 is 2.62 bits per heavy atom. The van der Waals surface area contributed by atoms with Gasteiger partial charge >= 0.3 is 0 Å². The summed E-state index contributed by atoms with van der Waals surface area (Å²) in [6.07, 6.45) is 4.92. The first kappa shape index (κ1) is 23.9. The molecular weight excluding hydrogens is 468 g/mol. The van der Waals surface area contributed by atoms with Crippen molar-refractivity contribution in [1.29, 1.82) is 0 Å². The van der Waals surface area contributed by atoms with E-state index in [-0.39, 0.29) is 31.4 Å². The Bertz CT molecular complexity index is 1480. The lowest BCUT2D eigenvalue weighted by Crippen LogP contribution is -2.44. The molecule has 0 saturated carbocycles. The van der Waals surface area contributed by atoms with Crippen LogP contribution >= 0.6 is 0 Å². The molecule has 186 valence electrons. The Labute approximate surface area is 213 Å². The van der Waals surface area contributed by atoms with Crippen molar-refractivity contribution in [3.05, 3.63) is 114 Å². The summed E-state index contributed by atoms with van der Waals surface area (Å²) in [7, 11) is 0. The summed E-state index contributed by atoms with van der Waals surface area (Å²) in [6, 6.07) is 21.4.